The molecule has 2 aliphatic heterocycles. The first-order chi connectivity index (χ1) is 14.1. The molecule has 4 rings (SSSR count). The molecular formula is C22H26N4O3. The Labute approximate surface area is 170 Å². The van der Waals surface area contributed by atoms with Crippen LogP contribution in [0.15, 0.2) is 54.6 Å². The number of anilines is 1. The number of amides is 3. The van der Waals surface area contributed by atoms with Gasteiger partial charge < -0.3 is 15.0 Å². The van der Waals surface area contributed by atoms with Crippen LogP contribution in [0.25, 0.3) is 0 Å². The number of hydrogen-bond donors (Lipinski definition) is 1. The first kappa shape index (κ1) is 19.3. The molecule has 0 bridgehead atoms. The number of ether oxygens (including phenoxy) is 1. The molecule has 2 fully saturated rings. The van der Waals surface area contributed by atoms with Gasteiger partial charge in [0.2, 0.25) is 0 Å². The van der Waals surface area contributed by atoms with Crippen molar-refractivity contribution in [1.29, 1.82) is 0 Å². The van der Waals surface area contributed by atoms with Crippen molar-refractivity contribution in [3.8, 4) is 5.75 Å². The molecule has 152 valence electrons. The van der Waals surface area contributed by atoms with Crippen molar-refractivity contribution in [3.63, 3.8) is 0 Å². The first-order valence-corrected chi connectivity index (χ1v) is 9.91. The Morgan fingerprint density at radius 3 is 2.31 bits per heavy atom. The molecule has 0 saturated carbocycles. The molecule has 29 heavy (non-hydrogen) atoms. The molecule has 7 nitrogen and oxygen atoms in total. The summed E-state index contributed by atoms with van der Waals surface area (Å²) in [4.78, 5) is 30.9. The first-order valence-electron chi connectivity index (χ1n) is 9.91. The molecule has 0 radical (unpaired) electrons. The third kappa shape index (κ3) is 4.35. The summed E-state index contributed by atoms with van der Waals surface area (Å²) in [6.45, 7) is 3.64. The molecule has 2 aliphatic rings. The highest BCUT2D eigenvalue weighted by atomic mass is 16.5. The fourth-order valence-corrected chi connectivity index (χ4v) is 3.84. The minimum atomic E-state index is -0.481. The molecule has 3 amide bonds. The van der Waals surface area contributed by atoms with E-state index in [4.69, 9.17) is 4.74 Å². The van der Waals surface area contributed by atoms with Crippen LogP contribution in [0.2, 0.25) is 0 Å². The molecule has 0 aromatic heterocycles. The van der Waals surface area contributed by atoms with Gasteiger partial charge in [0, 0.05) is 38.3 Å². The lowest BCUT2D eigenvalue weighted by Gasteiger charge is -2.37. The summed E-state index contributed by atoms with van der Waals surface area (Å²) >= 11 is 0. The van der Waals surface area contributed by atoms with Crippen molar-refractivity contribution in [2.75, 3.05) is 44.9 Å². The number of nitrogens with zero attached hydrogens (tertiary/aromatic N) is 3. The molecule has 0 spiro atoms. The zero-order valence-corrected chi connectivity index (χ0v) is 16.6. The number of hydrogen-bond acceptors (Lipinski definition) is 5. The van der Waals surface area contributed by atoms with Gasteiger partial charge in [-0.2, -0.15) is 0 Å². The second kappa shape index (κ2) is 8.53. The number of nitrogens with one attached hydrogen (secondary N) is 1. The van der Waals surface area contributed by atoms with E-state index >= 15 is 0 Å². The Morgan fingerprint density at radius 1 is 0.966 bits per heavy atom. The predicted molar refractivity (Wildman–Crippen MR) is 111 cm³/mol. The average molecular weight is 394 g/mol. The summed E-state index contributed by atoms with van der Waals surface area (Å²) in [6, 6.07) is 17.0. The Bertz CT molecular complexity index is 848. The van der Waals surface area contributed by atoms with E-state index in [1.54, 1.807) is 7.11 Å². The second-order valence-electron chi connectivity index (χ2n) is 7.40. The van der Waals surface area contributed by atoms with Gasteiger partial charge in [0.15, 0.2) is 0 Å². The molecule has 2 aromatic rings. The van der Waals surface area contributed by atoms with Crippen molar-refractivity contribution in [1.82, 2.24) is 15.1 Å². The monoisotopic (exact) mass is 394 g/mol. The van der Waals surface area contributed by atoms with Crippen LogP contribution in [0.1, 0.15) is 5.56 Å². The number of carbonyl (C=O) groups excluding carboxylic acids is 2. The molecule has 1 N–H and O–H groups in total. The number of benzene rings is 2. The van der Waals surface area contributed by atoms with E-state index < -0.39 is 6.04 Å². The number of urea groups is 1. The van der Waals surface area contributed by atoms with Crippen LogP contribution in [-0.2, 0) is 11.2 Å². The Hall–Kier alpha value is -3.06. The molecule has 2 saturated heterocycles. The third-order valence-corrected chi connectivity index (χ3v) is 5.54. The number of methoxy groups -OCH3 is 1. The normalized spacial score (nSPS) is 20.1. The lowest BCUT2D eigenvalue weighted by Crippen LogP contribution is -2.51. The van der Waals surface area contributed by atoms with Gasteiger partial charge in [-0.3, -0.25) is 9.69 Å². The summed E-state index contributed by atoms with van der Waals surface area (Å²) in [5, 5.41) is 2.83. The van der Waals surface area contributed by atoms with E-state index in [0.29, 0.717) is 13.1 Å². The van der Waals surface area contributed by atoms with Crippen molar-refractivity contribution >= 4 is 17.6 Å². The molecular weight excluding hydrogens is 368 g/mol. The smallest absolute Gasteiger partial charge is 0.325 e. The van der Waals surface area contributed by atoms with Gasteiger partial charge in [-0.15, -0.1) is 0 Å². The van der Waals surface area contributed by atoms with Gasteiger partial charge in [-0.25, -0.2) is 9.69 Å². The van der Waals surface area contributed by atoms with E-state index in [9.17, 15) is 9.59 Å². The van der Waals surface area contributed by atoms with E-state index in [1.807, 2.05) is 42.5 Å². The second-order valence-corrected chi connectivity index (χ2v) is 7.40. The summed E-state index contributed by atoms with van der Waals surface area (Å²) in [7, 11) is 1.66. The standard InChI is InChI=1S/C22H26N4O3/c1-29-19-9-7-18(8-10-19)25-13-11-24(12-14-25)16-26-21(27)20(23-22(26)28)15-17-5-3-2-4-6-17/h2-10,20H,11-16H2,1H3,(H,23,28). The van der Waals surface area contributed by atoms with Gasteiger partial charge in [-0.05, 0) is 29.8 Å². The lowest BCUT2D eigenvalue weighted by molar-refractivity contribution is -0.129. The van der Waals surface area contributed by atoms with Gasteiger partial charge in [0.1, 0.15) is 11.8 Å². The molecule has 1 unspecified atom stereocenters. The third-order valence-electron chi connectivity index (χ3n) is 5.54. The maximum atomic E-state index is 12.7. The van der Waals surface area contributed by atoms with Crippen LogP contribution in [0, 0.1) is 0 Å². The summed E-state index contributed by atoms with van der Waals surface area (Å²) in [5.74, 6) is 0.701. The summed E-state index contributed by atoms with van der Waals surface area (Å²) in [5.41, 5.74) is 2.20. The van der Waals surface area contributed by atoms with Gasteiger partial charge in [-0.1, -0.05) is 30.3 Å². The van der Waals surface area contributed by atoms with Crippen molar-refractivity contribution < 1.29 is 14.3 Å². The van der Waals surface area contributed by atoms with E-state index in [0.717, 1.165) is 43.2 Å². The molecule has 1 atom stereocenters. The van der Waals surface area contributed by atoms with Gasteiger partial charge >= 0.3 is 6.03 Å². The fraction of sp³-hybridized carbons (Fsp3) is 0.364. The van der Waals surface area contributed by atoms with Crippen LogP contribution in [0.5, 0.6) is 5.75 Å². The molecule has 2 aromatic carbocycles. The molecule has 0 aliphatic carbocycles. The van der Waals surface area contributed by atoms with E-state index in [-0.39, 0.29) is 11.9 Å². The van der Waals surface area contributed by atoms with E-state index in [1.165, 1.54) is 4.90 Å². The Balaban J connectivity index is 1.30. The van der Waals surface area contributed by atoms with Crippen LogP contribution in [0.4, 0.5) is 10.5 Å². The van der Waals surface area contributed by atoms with Crippen molar-refractivity contribution in [3.05, 3.63) is 60.2 Å². The van der Waals surface area contributed by atoms with Crippen LogP contribution in [0.3, 0.4) is 0 Å². The maximum Gasteiger partial charge on any atom is 0.325 e. The zero-order valence-electron chi connectivity index (χ0n) is 16.6. The number of piperazine rings is 1. The predicted octanol–water partition coefficient (Wildman–Crippen LogP) is 1.94. The topological polar surface area (TPSA) is 65.1 Å². The summed E-state index contributed by atoms with van der Waals surface area (Å²) < 4.78 is 5.21. The van der Waals surface area contributed by atoms with Gasteiger partial charge in [0.05, 0.1) is 13.8 Å². The van der Waals surface area contributed by atoms with Crippen LogP contribution in [-0.4, -0.2) is 67.7 Å². The number of rotatable bonds is 6. The Kier molecular flexibility index (Phi) is 5.67. The van der Waals surface area contributed by atoms with Crippen LogP contribution < -0.4 is 15.0 Å². The van der Waals surface area contributed by atoms with Crippen LogP contribution >= 0.6 is 0 Å². The molecule has 2 heterocycles. The minimum absolute atomic E-state index is 0.142. The number of carbonyl (C=O) groups is 2. The highest BCUT2D eigenvalue weighted by molar-refractivity contribution is 6.04. The van der Waals surface area contributed by atoms with Crippen molar-refractivity contribution in [2.24, 2.45) is 0 Å². The van der Waals surface area contributed by atoms with Crippen molar-refractivity contribution in [2.45, 2.75) is 12.5 Å². The highest BCUT2D eigenvalue weighted by Gasteiger charge is 2.38. The summed E-state index contributed by atoms with van der Waals surface area (Å²) in [6.07, 6.45) is 0.521. The quantitative estimate of drug-likeness (QED) is 0.759. The highest BCUT2D eigenvalue weighted by Crippen LogP contribution is 2.21. The average Bonchev–Trinajstić information content (AvgIpc) is 3.02. The van der Waals surface area contributed by atoms with Gasteiger partial charge in [0.25, 0.3) is 5.91 Å². The minimum Gasteiger partial charge on any atom is -0.497 e. The largest absolute Gasteiger partial charge is 0.497 e. The lowest BCUT2D eigenvalue weighted by atomic mass is 10.1. The zero-order chi connectivity index (χ0) is 20.2. The maximum absolute atomic E-state index is 12.7. The molecule has 7 heteroatoms. The SMILES string of the molecule is COc1ccc(N2CCN(CN3C(=O)NC(Cc4ccccc4)C3=O)CC2)cc1. The Morgan fingerprint density at radius 2 is 1.66 bits per heavy atom. The fourth-order valence-electron chi connectivity index (χ4n) is 3.84. The number of imide groups is 1. The van der Waals surface area contributed by atoms with E-state index in [2.05, 4.69) is 27.2 Å².